The van der Waals surface area contributed by atoms with Crippen LogP contribution >= 0.6 is 0 Å². The van der Waals surface area contributed by atoms with E-state index in [4.69, 9.17) is 10.4 Å². The Labute approximate surface area is 96.8 Å². The number of aryl methyl sites for hydroxylation is 1. The van der Waals surface area contributed by atoms with Crippen molar-refractivity contribution in [3.8, 4) is 12.0 Å². The number of nitriles is 1. The molecule has 2 heterocycles. The van der Waals surface area contributed by atoms with Gasteiger partial charge in [0.05, 0.1) is 11.3 Å². The molecule has 0 saturated carbocycles. The van der Waals surface area contributed by atoms with Crippen LogP contribution in [0.3, 0.4) is 0 Å². The third-order valence-electron chi connectivity index (χ3n) is 2.28. The summed E-state index contributed by atoms with van der Waals surface area (Å²) in [4.78, 5) is 18.8. The lowest BCUT2D eigenvalue weighted by molar-refractivity contribution is 0.0695. The summed E-state index contributed by atoms with van der Waals surface area (Å²) in [5.41, 5.74) is 0.812. The summed E-state index contributed by atoms with van der Waals surface area (Å²) >= 11 is 0. The van der Waals surface area contributed by atoms with Gasteiger partial charge in [0, 0.05) is 12.4 Å². The molecule has 0 amide bonds. The quantitative estimate of drug-likeness (QED) is 0.832. The van der Waals surface area contributed by atoms with Gasteiger partial charge in [0.15, 0.2) is 0 Å². The van der Waals surface area contributed by atoms with E-state index in [-0.39, 0.29) is 11.5 Å². The summed E-state index contributed by atoms with van der Waals surface area (Å²) < 4.78 is 1.50. The minimum Gasteiger partial charge on any atom is -0.478 e. The zero-order valence-corrected chi connectivity index (χ0v) is 8.95. The van der Waals surface area contributed by atoms with Crippen LogP contribution in [0.25, 0.3) is 5.95 Å². The van der Waals surface area contributed by atoms with E-state index in [1.165, 1.54) is 10.8 Å². The molecular formula is C11H8N4O2. The van der Waals surface area contributed by atoms with Crippen LogP contribution in [-0.4, -0.2) is 25.6 Å². The van der Waals surface area contributed by atoms with Crippen LogP contribution in [0.4, 0.5) is 0 Å². The largest absolute Gasteiger partial charge is 0.478 e. The molecule has 84 valence electrons. The molecule has 0 fully saturated rings. The molecule has 0 aliphatic carbocycles. The number of carbonyl (C=O) groups is 1. The fraction of sp³-hybridized carbons (Fsp3) is 0.0909. The van der Waals surface area contributed by atoms with E-state index in [0.29, 0.717) is 11.4 Å². The summed E-state index contributed by atoms with van der Waals surface area (Å²) in [7, 11) is 0. The Bertz CT molecular complexity index is 625. The molecule has 17 heavy (non-hydrogen) atoms. The number of aromatic carboxylic acids is 1. The van der Waals surface area contributed by atoms with Crippen LogP contribution in [0.2, 0.25) is 0 Å². The van der Waals surface area contributed by atoms with Gasteiger partial charge >= 0.3 is 5.97 Å². The first-order valence-electron chi connectivity index (χ1n) is 4.78. The normalized spacial score (nSPS) is 9.88. The highest BCUT2D eigenvalue weighted by atomic mass is 16.4. The Hall–Kier alpha value is -2.68. The highest BCUT2D eigenvalue weighted by Crippen LogP contribution is 2.10. The van der Waals surface area contributed by atoms with Gasteiger partial charge in [0.25, 0.3) is 0 Å². The molecule has 2 aromatic rings. The van der Waals surface area contributed by atoms with Crippen molar-refractivity contribution in [2.24, 2.45) is 0 Å². The van der Waals surface area contributed by atoms with E-state index in [0.717, 1.165) is 0 Å². The minimum atomic E-state index is -1.07. The number of carboxylic acid groups (broad SMARTS) is 1. The van der Waals surface area contributed by atoms with Crippen LogP contribution in [-0.2, 0) is 0 Å². The number of aromatic nitrogens is 3. The van der Waals surface area contributed by atoms with E-state index in [9.17, 15) is 4.79 Å². The highest BCUT2D eigenvalue weighted by Gasteiger charge is 2.11. The molecule has 0 spiro atoms. The zero-order valence-electron chi connectivity index (χ0n) is 8.95. The summed E-state index contributed by atoms with van der Waals surface area (Å²) in [5.74, 6) is -0.781. The van der Waals surface area contributed by atoms with Crippen LogP contribution in [0.15, 0.2) is 24.5 Å². The first kappa shape index (κ1) is 10.8. The lowest BCUT2D eigenvalue weighted by Crippen LogP contribution is -2.08. The molecule has 0 unspecified atom stereocenters. The molecule has 2 aromatic heterocycles. The first-order chi connectivity index (χ1) is 8.13. The molecule has 2 rings (SSSR count). The zero-order chi connectivity index (χ0) is 12.4. The average Bonchev–Trinajstić information content (AvgIpc) is 2.76. The van der Waals surface area contributed by atoms with Crippen LogP contribution in [0, 0.1) is 18.3 Å². The lowest BCUT2D eigenvalue weighted by atomic mass is 10.2. The van der Waals surface area contributed by atoms with Crippen molar-refractivity contribution in [3.63, 3.8) is 0 Å². The maximum absolute atomic E-state index is 10.8. The van der Waals surface area contributed by atoms with E-state index >= 15 is 0 Å². The van der Waals surface area contributed by atoms with Gasteiger partial charge in [-0.05, 0) is 19.1 Å². The van der Waals surface area contributed by atoms with Crippen LogP contribution < -0.4 is 0 Å². The third kappa shape index (κ3) is 1.86. The Morgan fingerprint density at radius 1 is 1.59 bits per heavy atom. The fourth-order valence-corrected chi connectivity index (χ4v) is 1.43. The van der Waals surface area contributed by atoms with E-state index in [1.54, 1.807) is 25.3 Å². The van der Waals surface area contributed by atoms with E-state index < -0.39 is 5.97 Å². The van der Waals surface area contributed by atoms with E-state index in [2.05, 4.69) is 9.97 Å². The lowest BCUT2D eigenvalue weighted by Gasteiger charge is -2.05. The molecule has 0 aromatic carbocycles. The number of hydrogen-bond acceptors (Lipinski definition) is 4. The second-order valence-electron chi connectivity index (χ2n) is 3.35. The Morgan fingerprint density at radius 3 is 2.94 bits per heavy atom. The second kappa shape index (κ2) is 4.06. The summed E-state index contributed by atoms with van der Waals surface area (Å²) in [6.45, 7) is 1.59. The average molecular weight is 228 g/mol. The molecule has 0 bridgehead atoms. The number of rotatable bonds is 2. The summed E-state index contributed by atoms with van der Waals surface area (Å²) in [6, 6.07) is 5.32. The van der Waals surface area contributed by atoms with Gasteiger partial charge in [-0.25, -0.2) is 14.8 Å². The van der Waals surface area contributed by atoms with Crippen molar-refractivity contribution in [3.05, 3.63) is 41.5 Å². The molecule has 0 aliphatic rings. The Morgan fingerprint density at radius 2 is 2.35 bits per heavy atom. The number of nitrogens with zero attached hydrogens (tertiary/aromatic N) is 4. The topological polar surface area (TPSA) is 91.8 Å². The summed E-state index contributed by atoms with van der Waals surface area (Å²) in [6.07, 6.45) is 2.88. The molecule has 6 nitrogen and oxygen atoms in total. The molecule has 0 saturated heterocycles. The van der Waals surface area contributed by atoms with Crippen LogP contribution in [0.1, 0.15) is 21.7 Å². The van der Waals surface area contributed by atoms with Crippen molar-refractivity contribution >= 4 is 5.97 Å². The Balaban J connectivity index is 2.53. The van der Waals surface area contributed by atoms with Crippen molar-refractivity contribution in [1.29, 1.82) is 5.26 Å². The van der Waals surface area contributed by atoms with Gasteiger partial charge in [0.1, 0.15) is 11.8 Å². The van der Waals surface area contributed by atoms with Gasteiger partial charge in [-0.2, -0.15) is 5.26 Å². The van der Waals surface area contributed by atoms with E-state index in [1.807, 2.05) is 6.07 Å². The number of carboxylic acids is 1. The highest BCUT2D eigenvalue weighted by molar-refractivity contribution is 5.88. The van der Waals surface area contributed by atoms with Crippen molar-refractivity contribution < 1.29 is 9.90 Å². The van der Waals surface area contributed by atoms with Gasteiger partial charge in [0.2, 0.25) is 5.95 Å². The van der Waals surface area contributed by atoms with Crippen molar-refractivity contribution in [1.82, 2.24) is 14.5 Å². The minimum absolute atomic E-state index is 0.0550. The van der Waals surface area contributed by atoms with Crippen molar-refractivity contribution in [2.75, 3.05) is 0 Å². The molecule has 0 atom stereocenters. The number of hydrogen-bond donors (Lipinski definition) is 1. The third-order valence-corrected chi connectivity index (χ3v) is 2.28. The molecule has 0 aliphatic heterocycles. The molecule has 1 N–H and O–H groups in total. The van der Waals surface area contributed by atoms with Gasteiger partial charge in [-0.1, -0.05) is 0 Å². The first-order valence-corrected chi connectivity index (χ1v) is 4.78. The van der Waals surface area contributed by atoms with Crippen molar-refractivity contribution in [2.45, 2.75) is 6.92 Å². The van der Waals surface area contributed by atoms with Gasteiger partial charge in [-0.15, -0.1) is 0 Å². The monoisotopic (exact) mass is 228 g/mol. The SMILES string of the molecule is Cc1nc(-n2cccc2C#N)ncc1C(=O)O. The standard InChI is InChI=1S/C11H8N4O2/c1-7-9(10(16)17)6-13-11(14-7)15-4-2-3-8(15)5-12/h2-4,6H,1H3,(H,16,17). The van der Waals surface area contributed by atoms with Crippen LogP contribution in [0.5, 0.6) is 0 Å². The molecular weight excluding hydrogens is 220 g/mol. The summed E-state index contributed by atoms with van der Waals surface area (Å²) in [5, 5.41) is 17.7. The predicted octanol–water partition coefficient (Wildman–Crippen LogP) is 1.15. The Kier molecular flexibility index (Phi) is 2.58. The van der Waals surface area contributed by atoms with Gasteiger partial charge < -0.3 is 5.11 Å². The maximum atomic E-state index is 10.8. The predicted molar refractivity (Wildman–Crippen MR) is 57.8 cm³/mol. The smallest absolute Gasteiger partial charge is 0.339 e. The second-order valence-corrected chi connectivity index (χ2v) is 3.35. The molecule has 0 radical (unpaired) electrons. The van der Waals surface area contributed by atoms with Gasteiger partial charge in [-0.3, -0.25) is 4.57 Å². The molecule has 6 heteroatoms. The maximum Gasteiger partial charge on any atom is 0.339 e. The fourth-order valence-electron chi connectivity index (χ4n) is 1.43.